The van der Waals surface area contributed by atoms with Gasteiger partial charge in [0.15, 0.2) is 0 Å². The molecule has 1 amide bonds. The van der Waals surface area contributed by atoms with Crippen molar-refractivity contribution in [3.8, 4) is 0 Å². The summed E-state index contributed by atoms with van der Waals surface area (Å²) < 4.78 is 38.9. The third kappa shape index (κ3) is 4.22. The Bertz CT molecular complexity index is 994. The minimum atomic E-state index is -3.28. The van der Waals surface area contributed by atoms with Crippen LogP contribution in [0.3, 0.4) is 0 Å². The van der Waals surface area contributed by atoms with E-state index in [1.807, 2.05) is 0 Å². The molecule has 2 fully saturated rings. The number of sulfonamides is 1. The Kier molecular flexibility index (Phi) is 5.45. The first-order valence-corrected chi connectivity index (χ1v) is 11.5. The van der Waals surface area contributed by atoms with Gasteiger partial charge in [0.05, 0.1) is 11.4 Å². The number of carbonyl (C=O) groups is 1. The molecule has 0 unspecified atom stereocenters. The van der Waals surface area contributed by atoms with E-state index in [1.54, 1.807) is 41.3 Å². The molecule has 2 heterocycles. The van der Waals surface area contributed by atoms with Crippen LogP contribution in [0, 0.1) is 5.82 Å². The molecule has 6 nitrogen and oxygen atoms in total. The third-order valence-corrected chi connectivity index (χ3v) is 7.32. The zero-order chi connectivity index (χ0) is 20.4. The van der Waals surface area contributed by atoms with Crippen molar-refractivity contribution < 1.29 is 17.6 Å². The normalized spacial score (nSPS) is 19.3. The third-order valence-electron chi connectivity index (χ3n) is 5.46. The molecule has 0 saturated carbocycles. The molecule has 2 saturated heterocycles. The monoisotopic (exact) mass is 417 g/mol. The molecule has 2 aromatic carbocycles. The fourth-order valence-corrected chi connectivity index (χ4v) is 5.49. The minimum absolute atomic E-state index is 0.0931. The van der Waals surface area contributed by atoms with E-state index in [0.717, 1.165) is 18.7 Å². The smallest absolute Gasteiger partial charge is 0.253 e. The molecule has 4 rings (SSSR count). The van der Waals surface area contributed by atoms with E-state index in [2.05, 4.69) is 4.90 Å². The lowest BCUT2D eigenvalue weighted by Gasteiger charge is -2.24. The predicted octanol–water partition coefficient (Wildman–Crippen LogP) is 2.72. The summed E-state index contributed by atoms with van der Waals surface area (Å²) in [5.74, 6) is -0.207. The van der Waals surface area contributed by atoms with Crippen molar-refractivity contribution >= 4 is 27.3 Å². The van der Waals surface area contributed by atoms with Crippen molar-refractivity contribution in [1.82, 2.24) is 4.90 Å². The van der Waals surface area contributed by atoms with Crippen LogP contribution in [0.15, 0.2) is 48.5 Å². The topological polar surface area (TPSA) is 60.9 Å². The summed E-state index contributed by atoms with van der Waals surface area (Å²) >= 11 is 0. The molecule has 0 spiro atoms. The molecule has 0 aliphatic carbocycles. The number of benzene rings is 2. The van der Waals surface area contributed by atoms with Gasteiger partial charge in [-0.15, -0.1) is 0 Å². The molecule has 2 aromatic rings. The Balaban J connectivity index is 1.47. The van der Waals surface area contributed by atoms with Gasteiger partial charge in [-0.05, 0) is 55.3 Å². The van der Waals surface area contributed by atoms with Crippen LogP contribution in [0.25, 0.3) is 0 Å². The Morgan fingerprint density at radius 2 is 1.66 bits per heavy atom. The molecule has 154 valence electrons. The van der Waals surface area contributed by atoms with Crippen LogP contribution in [0.4, 0.5) is 15.8 Å². The van der Waals surface area contributed by atoms with Crippen LogP contribution in [0.2, 0.25) is 0 Å². The number of hydrogen-bond donors (Lipinski definition) is 0. The van der Waals surface area contributed by atoms with E-state index in [4.69, 9.17) is 0 Å². The Hall–Kier alpha value is -2.61. The van der Waals surface area contributed by atoms with Gasteiger partial charge in [-0.1, -0.05) is 6.07 Å². The lowest BCUT2D eigenvalue weighted by molar-refractivity contribution is 0.0767. The number of anilines is 2. The van der Waals surface area contributed by atoms with Crippen molar-refractivity contribution in [2.24, 2.45) is 0 Å². The minimum Gasteiger partial charge on any atom is -0.370 e. The summed E-state index contributed by atoms with van der Waals surface area (Å²) in [5, 5.41) is 0. The Morgan fingerprint density at radius 1 is 0.862 bits per heavy atom. The molecule has 0 N–H and O–H groups in total. The zero-order valence-electron chi connectivity index (χ0n) is 16.1. The van der Waals surface area contributed by atoms with E-state index in [9.17, 15) is 17.6 Å². The molecular formula is C21H24FN3O3S. The van der Waals surface area contributed by atoms with Gasteiger partial charge in [0.2, 0.25) is 10.0 Å². The van der Waals surface area contributed by atoms with Gasteiger partial charge in [-0.3, -0.25) is 9.10 Å². The van der Waals surface area contributed by atoms with Crippen LogP contribution < -0.4 is 9.21 Å². The quantitative estimate of drug-likeness (QED) is 0.771. The van der Waals surface area contributed by atoms with Crippen LogP contribution in [-0.4, -0.2) is 57.7 Å². The van der Waals surface area contributed by atoms with Crippen molar-refractivity contribution in [2.75, 3.05) is 47.7 Å². The molecule has 8 heteroatoms. The van der Waals surface area contributed by atoms with E-state index in [-0.39, 0.29) is 17.5 Å². The average molecular weight is 418 g/mol. The maximum Gasteiger partial charge on any atom is 0.253 e. The molecule has 0 atom stereocenters. The SMILES string of the molecule is O=C(c1cccc(N2CCCS2(=O)=O)c1)N1CCCN(c2ccc(F)cc2)CC1. The summed E-state index contributed by atoms with van der Waals surface area (Å²) in [5.41, 5.74) is 2.00. The molecule has 2 aliphatic heterocycles. The fraction of sp³-hybridized carbons (Fsp3) is 0.381. The maximum atomic E-state index is 13.2. The number of nitrogens with zero attached hydrogens (tertiary/aromatic N) is 3. The number of hydrogen-bond acceptors (Lipinski definition) is 4. The van der Waals surface area contributed by atoms with E-state index < -0.39 is 10.0 Å². The number of carbonyl (C=O) groups excluding carboxylic acids is 1. The first-order chi connectivity index (χ1) is 13.9. The fourth-order valence-electron chi connectivity index (χ4n) is 3.94. The van der Waals surface area contributed by atoms with Crippen molar-refractivity contribution in [1.29, 1.82) is 0 Å². The van der Waals surface area contributed by atoms with Crippen LogP contribution in [0.1, 0.15) is 23.2 Å². The molecule has 0 bridgehead atoms. The molecule has 29 heavy (non-hydrogen) atoms. The zero-order valence-corrected chi connectivity index (χ0v) is 16.9. The van der Waals surface area contributed by atoms with Crippen LogP contribution in [-0.2, 0) is 10.0 Å². The van der Waals surface area contributed by atoms with Crippen molar-refractivity contribution in [3.05, 3.63) is 59.9 Å². The summed E-state index contributed by atoms with van der Waals surface area (Å²) in [4.78, 5) is 17.0. The van der Waals surface area contributed by atoms with Crippen LogP contribution in [0.5, 0.6) is 0 Å². The number of rotatable bonds is 3. The van der Waals surface area contributed by atoms with Gasteiger partial charge in [0, 0.05) is 44.0 Å². The molecular weight excluding hydrogens is 393 g/mol. The molecule has 2 aliphatic rings. The predicted molar refractivity (Wildman–Crippen MR) is 111 cm³/mol. The largest absolute Gasteiger partial charge is 0.370 e. The summed E-state index contributed by atoms with van der Waals surface area (Å²) in [7, 11) is -3.28. The second kappa shape index (κ2) is 8.02. The highest BCUT2D eigenvalue weighted by Crippen LogP contribution is 2.25. The number of amides is 1. The first kappa shape index (κ1) is 19.7. The highest BCUT2D eigenvalue weighted by atomic mass is 32.2. The summed E-state index contributed by atoms with van der Waals surface area (Å²) in [6.07, 6.45) is 1.41. The van der Waals surface area contributed by atoms with Crippen molar-refractivity contribution in [2.45, 2.75) is 12.8 Å². The second-order valence-electron chi connectivity index (χ2n) is 7.40. The van der Waals surface area contributed by atoms with Crippen molar-refractivity contribution in [3.63, 3.8) is 0 Å². The van der Waals surface area contributed by atoms with Gasteiger partial charge in [0.1, 0.15) is 5.82 Å². The lowest BCUT2D eigenvalue weighted by Crippen LogP contribution is -2.35. The van der Waals surface area contributed by atoms with E-state index in [1.165, 1.54) is 16.4 Å². The van der Waals surface area contributed by atoms with Crippen LogP contribution >= 0.6 is 0 Å². The lowest BCUT2D eigenvalue weighted by atomic mass is 10.1. The number of halogens is 1. The van der Waals surface area contributed by atoms with Gasteiger partial charge in [-0.25, -0.2) is 12.8 Å². The standard InChI is InChI=1S/C21H24FN3O3S/c22-18-6-8-19(9-7-18)23-10-2-11-24(14-13-23)21(26)17-4-1-5-20(16-17)25-12-3-15-29(25,27)28/h1,4-9,16H,2-3,10-15H2. The molecule has 0 aromatic heterocycles. The van der Waals surface area contributed by atoms with Gasteiger partial charge in [0.25, 0.3) is 5.91 Å². The van der Waals surface area contributed by atoms with E-state index in [0.29, 0.717) is 43.9 Å². The Labute approximate surface area is 170 Å². The Morgan fingerprint density at radius 3 is 2.38 bits per heavy atom. The average Bonchev–Trinajstić information content (AvgIpc) is 2.91. The highest BCUT2D eigenvalue weighted by Gasteiger charge is 2.29. The second-order valence-corrected chi connectivity index (χ2v) is 9.41. The van der Waals surface area contributed by atoms with E-state index >= 15 is 0 Å². The summed E-state index contributed by atoms with van der Waals surface area (Å²) in [6, 6.07) is 13.3. The first-order valence-electron chi connectivity index (χ1n) is 9.84. The summed E-state index contributed by atoms with van der Waals surface area (Å²) in [6.45, 7) is 3.10. The van der Waals surface area contributed by atoms with Gasteiger partial charge in [-0.2, -0.15) is 0 Å². The van der Waals surface area contributed by atoms with Gasteiger partial charge < -0.3 is 9.80 Å². The van der Waals surface area contributed by atoms with Gasteiger partial charge >= 0.3 is 0 Å². The highest BCUT2D eigenvalue weighted by molar-refractivity contribution is 7.93. The maximum absolute atomic E-state index is 13.2. The molecule has 0 radical (unpaired) electrons.